The summed E-state index contributed by atoms with van der Waals surface area (Å²) in [7, 11) is -4.27. The third kappa shape index (κ3) is 5.28. The van der Waals surface area contributed by atoms with E-state index in [2.05, 4.69) is 6.07 Å². The Morgan fingerprint density at radius 1 is 0.500 bits per heavy atom. The molecule has 4 heteroatoms. The van der Waals surface area contributed by atoms with E-state index in [9.17, 15) is 13.0 Å². The van der Waals surface area contributed by atoms with Crippen LogP contribution in [0.4, 0.5) is 0 Å². The van der Waals surface area contributed by atoms with Gasteiger partial charge in [0.2, 0.25) is 0 Å². The highest BCUT2D eigenvalue weighted by Gasteiger charge is 2.37. The molecule has 1 aromatic carbocycles. The summed E-state index contributed by atoms with van der Waals surface area (Å²) in [4.78, 5) is 0.381. The summed E-state index contributed by atoms with van der Waals surface area (Å²) in [5.41, 5.74) is 5.03. The van der Waals surface area contributed by atoms with Crippen molar-refractivity contribution in [2.45, 2.75) is 157 Å². The van der Waals surface area contributed by atoms with Crippen LogP contribution in [0.2, 0.25) is 0 Å². The monoisotopic (exact) mass is 486 g/mol. The molecule has 0 aliphatic heterocycles. The molecule has 0 amide bonds. The molecule has 0 unspecified atom stereocenters. The quantitative estimate of drug-likeness (QED) is 0.422. The first-order valence-electron chi connectivity index (χ1n) is 14.7. The van der Waals surface area contributed by atoms with Crippen LogP contribution in [0.15, 0.2) is 11.0 Å². The Hall–Kier alpha value is -0.870. The first-order chi connectivity index (χ1) is 16.5. The van der Waals surface area contributed by atoms with Gasteiger partial charge in [0.15, 0.2) is 0 Å². The van der Waals surface area contributed by atoms with E-state index in [1.807, 2.05) is 0 Å². The highest BCUT2D eigenvalue weighted by Crippen LogP contribution is 2.51. The molecule has 4 fully saturated rings. The summed E-state index contributed by atoms with van der Waals surface area (Å²) < 4.78 is 37.3. The number of rotatable bonds is 5. The molecule has 5 rings (SSSR count). The molecule has 1 N–H and O–H groups in total. The molecule has 1 aromatic rings. The summed E-state index contributed by atoms with van der Waals surface area (Å²) >= 11 is 0. The van der Waals surface area contributed by atoms with Gasteiger partial charge >= 0.3 is 0 Å². The van der Waals surface area contributed by atoms with Gasteiger partial charge in [-0.15, -0.1) is 0 Å². The molecule has 0 heterocycles. The van der Waals surface area contributed by atoms with Crippen molar-refractivity contribution in [1.82, 2.24) is 0 Å². The first kappa shape index (κ1) is 24.8. The maximum absolute atomic E-state index is 13.2. The van der Waals surface area contributed by atoms with E-state index in [0.29, 0.717) is 22.6 Å². The molecule has 3 nitrogen and oxygen atoms in total. The summed E-state index contributed by atoms with van der Waals surface area (Å²) in [5.74, 6) is 1.64. The Morgan fingerprint density at radius 2 is 0.853 bits per heavy atom. The topological polar surface area (TPSA) is 54.4 Å². The van der Waals surface area contributed by atoms with Gasteiger partial charge in [0.25, 0.3) is 10.1 Å². The lowest BCUT2D eigenvalue weighted by molar-refractivity contribution is 0.392. The normalized spacial score (nSPS) is 25.0. The van der Waals surface area contributed by atoms with Crippen LogP contribution in [0.5, 0.6) is 0 Å². The van der Waals surface area contributed by atoms with Gasteiger partial charge in [-0.2, -0.15) is 8.42 Å². The summed E-state index contributed by atoms with van der Waals surface area (Å²) in [5, 5.41) is 0. The predicted molar refractivity (Wildman–Crippen MR) is 140 cm³/mol. The maximum Gasteiger partial charge on any atom is 0.295 e. The molecule has 0 spiro atoms. The largest absolute Gasteiger partial charge is 0.295 e. The van der Waals surface area contributed by atoms with Gasteiger partial charge in [0, 0.05) is 0 Å². The van der Waals surface area contributed by atoms with Crippen molar-refractivity contribution in [3.8, 4) is 0 Å². The van der Waals surface area contributed by atoms with Crippen molar-refractivity contribution >= 4 is 10.1 Å². The Labute approximate surface area is 208 Å². The summed E-state index contributed by atoms with van der Waals surface area (Å²) in [6.07, 6.45) is 24.2. The third-order valence-electron chi connectivity index (χ3n) is 9.79. The number of hydrogen-bond donors (Lipinski definition) is 1. The Kier molecular flexibility index (Phi) is 8.05. The molecule has 0 radical (unpaired) electrons. The van der Waals surface area contributed by atoms with Crippen LogP contribution in [0, 0.1) is 0 Å². The Balaban J connectivity index is 1.77. The first-order valence-corrected chi connectivity index (χ1v) is 16.2. The molecular weight excluding hydrogens is 440 g/mol. The van der Waals surface area contributed by atoms with E-state index in [4.69, 9.17) is 0 Å². The molecule has 0 atom stereocenters. The van der Waals surface area contributed by atoms with Crippen LogP contribution in [0.1, 0.15) is 174 Å². The van der Waals surface area contributed by atoms with Crippen LogP contribution >= 0.6 is 0 Å². The van der Waals surface area contributed by atoms with Gasteiger partial charge in [-0.3, -0.25) is 4.55 Å². The van der Waals surface area contributed by atoms with Crippen molar-refractivity contribution in [2.24, 2.45) is 0 Å². The molecule has 190 valence electrons. The Bertz CT molecular complexity index is 926. The lowest BCUT2D eigenvalue weighted by atomic mass is 9.69. The van der Waals surface area contributed by atoms with Crippen molar-refractivity contribution < 1.29 is 13.0 Å². The molecule has 0 aromatic heterocycles. The van der Waals surface area contributed by atoms with Gasteiger partial charge in [0.1, 0.15) is 4.90 Å². The SMILES string of the molecule is O=S(=O)(O)c1c(C2CCCCC2)cc(C2CCCCC2)c(C2CCCCC2)c1C1CCCCC1. The molecule has 4 aliphatic rings. The second kappa shape index (κ2) is 11.0. The van der Waals surface area contributed by atoms with E-state index < -0.39 is 10.1 Å². The average Bonchev–Trinajstić information content (AvgIpc) is 2.89. The predicted octanol–water partition coefficient (Wildman–Crippen LogP) is 9.12. The van der Waals surface area contributed by atoms with E-state index in [-0.39, 0.29) is 5.92 Å². The minimum atomic E-state index is -4.27. The maximum atomic E-state index is 13.2. The molecule has 0 bridgehead atoms. The van der Waals surface area contributed by atoms with Crippen LogP contribution in [0.3, 0.4) is 0 Å². The molecule has 34 heavy (non-hydrogen) atoms. The second-order valence-electron chi connectivity index (χ2n) is 12.0. The highest BCUT2D eigenvalue weighted by molar-refractivity contribution is 7.86. The fourth-order valence-corrected chi connectivity index (χ4v) is 9.22. The van der Waals surface area contributed by atoms with Crippen molar-refractivity contribution in [3.63, 3.8) is 0 Å². The van der Waals surface area contributed by atoms with Crippen molar-refractivity contribution in [1.29, 1.82) is 0 Å². The number of hydrogen-bond acceptors (Lipinski definition) is 2. The van der Waals surface area contributed by atoms with Gasteiger partial charge in [-0.1, -0.05) is 83.1 Å². The van der Waals surface area contributed by atoms with Crippen LogP contribution in [0.25, 0.3) is 0 Å². The molecular formula is C30H46O3S. The van der Waals surface area contributed by atoms with E-state index in [1.54, 1.807) is 0 Å². The van der Waals surface area contributed by atoms with Gasteiger partial charge in [-0.05, 0) is 97.3 Å². The van der Waals surface area contributed by atoms with Crippen molar-refractivity contribution in [3.05, 3.63) is 28.3 Å². The highest BCUT2D eigenvalue weighted by atomic mass is 32.2. The lowest BCUT2D eigenvalue weighted by Crippen LogP contribution is -2.23. The van der Waals surface area contributed by atoms with Gasteiger partial charge in [0.05, 0.1) is 0 Å². The van der Waals surface area contributed by atoms with Crippen LogP contribution in [-0.2, 0) is 10.1 Å². The molecule has 4 aliphatic carbocycles. The molecule has 4 saturated carbocycles. The minimum absolute atomic E-state index is 0.288. The fourth-order valence-electron chi connectivity index (χ4n) is 8.14. The zero-order valence-corrected chi connectivity index (χ0v) is 22.0. The van der Waals surface area contributed by atoms with Gasteiger partial charge < -0.3 is 0 Å². The zero-order chi connectivity index (χ0) is 23.5. The summed E-state index contributed by atoms with van der Waals surface area (Å²) in [6, 6.07) is 2.35. The minimum Gasteiger partial charge on any atom is -0.282 e. The second-order valence-corrected chi connectivity index (χ2v) is 13.4. The van der Waals surface area contributed by atoms with Gasteiger partial charge in [-0.25, -0.2) is 0 Å². The smallest absolute Gasteiger partial charge is 0.282 e. The third-order valence-corrected chi connectivity index (χ3v) is 10.8. The zero-order valence-electron chi connectivity index (χ0n) is 21.2. The van der Waals surface area contributed by atoms with Crippen molar-refractivity contribution in [2.75, 3.05) is 0 Å². The standard InChI is InChI=1S/C30H46O3S/c31-34(32,33)30-27(23-15-7-2-8-16-23)21-26(22-13-5-1-6-14-22)28(24-17-9-3-10-18-24)29(30)25-19-11-4-12-20-25/h21-25H,1-20H2,(H,31,32,33). The fraction of sp³-hybridized carbons (Fsp3) is 0.800. The van der Waals surface area contributed by atoms with E-state index in [0.717, 1.165) is 36.8 Å². The van der Waals surface area contributed by atoms with Crippen LogP contribution in [-0.4, -0.2) is 13.0 Å². The lowest BCUT2D eigenvalue weighted by Gasteiger charge is -2.37. The number of benzene rings is 1. The molecule has 0 saturated heterocycles. The van der Waals surface area contributed by atoms with E-state index >= 15 is 0 Å². The average molecular weight is 487 g/mol. The summed E-state index contributed by atoms with van der Waals surface area (Å²) in [6.45, 7) is 0. The van der Waals surface area contributed by atoms with Crippen LogP contribution < -0.4 is 0 Å². The Morgan fingerprint density at radius 3 is 1.26 bits per heavy atom. The van der Waals surface area contributed by atoms with E-state index in [1.165, 1.54) is 114 Å².